The van der Waals surface area contributed by atoms with Crippen molar-refractivity contribution >= 4 is 23.0 Å². The van der Waals surface area contributed by atoms with E-state index in [0.717, 1.165) is 5.56 Å². The molecule has 4 nitrogen and oxygen atoms in total. The zero-order chi connectivity index (χ0) is 13.8. The summed E-state index contributed by atoms with van der Waals surface area (Å²) in [5, 5.41) is 14.4. The van der Waals surface area contributed by atoms with Crippen molar-refractivity contribution in [1.29, 1.82) is 0 Å². The lowest BCUT2D eigenvalue weighted by Gasteiger charge is -2.16. The smallest absolute Gasteiger partial charge is 0.271 e. The molecule has 0 saturated carbocycles. The Kier molecular flexibility index (Phi) is 4.02. The lowest BCUT2D eigenvalue weighted by Crippen LogP contribution is -2.07. The van der Waals surface area contributed by atoms with Gasteiger partial charge in [0.1, 0.15) is 0 Å². The van der Waals surface area contributed by atoms with Crippen LogP contribution in [0.25, 0.3) is 0 Å². The van der Waals surface area contributed by atoms with E-state index in [1.165, 1.54) is 18.2 Å². The van der Waals surface area contributed by atoms with Crippen molar-refractivity contribution < 1.29 is 4.92 Å². The SMILES string of the molecule is CC(Nc1cc([N+](=O)[O-])ccc1Cl)c1ccccc1. The molecule has 5 heteroatoms. The number of halogens is 1. The van der Waals surface area contributed by atoms with E-state index in [2.05, 4.69) is 5.32 Å². The third-order valence-corrected chi connectivity index (χ3v) is 3.16. The molecule has 1 N–H and O–H groups in total. The zero-order valence-electron chi connectivity index (χ0n) is 10.3. The van der Waals surface area contributed by atoms with E-state index < -0.39 is 4.92 Å². The Morgan fingerprint density at radius 2 is 1.89 bits per heavy atom. The van der Waals surface area contributed by atoms with Crippen LogP contribution in [0.5, 0.6) is 0 Å². The van der Waals surface area contributed by atoms with E-state index >= 15 is 0 Å². The fourth-order valence-electron chi connectivity index (χ4n) is 1.80. The highest BCUT2D eigenvalue weighted by molar-refractivity contribution is 6.33. The Labute approximate surface area is 116 Å². The molecular weight excluding hydrogens is 264 g/mol. The van der Waals surface area contributed by atoms with Gasteiger partial charge in [0, 0.05) is 18.2 Å². The molecule has 0 radical (unpaired) electrons. The normalized spacial score (nSPS) is 11.9. The first-order valence-corrected chi connectivity index (χ1v) is 6.21. The van der Waals surface area contributed by atoms with Gasteiger partial charge in [0.05, 0.1) is 15.6 Å². The summed E-state index contributed by atoms with van der Waals surface area (Å²) in [6.45, 7) is 1.98. The molecule has 0 aliphatic carbocycles. The van der Waals surface area contributed by atoms with E-state index in [1.807, 2.05) is 37.3 Å². The molecule has 19 heavy (non-hydrogen) atoms. The van der Waals surface area contributed by atoms with Crippen LogP contribution in [0.2, 0.25) is 5.02 Å². The van der Waals surface area contributed by atoms with Crippen LogP contribution in [0.3, 0.4) is 0 Å². The Bertz CT molecular complexity index is 587. The molecule has 0 amide bonds. The minimum atomic E-state index is -0.436. The van der Waals surface area contributed by atoms with Crippen LogP contribution in [-0.2, 0) is 0 Å². The zero-order valence-corrected chi connectivity index (χ0v) is 11.1. The number of nitro benzene ring substituents is 1. The summed E-state index contributed by atoms with van der Waals surface area (Å²) in [6.07, 6.45) is 0. The number of benzene rings is 2. The highest BCUT2D eigenvalue weighted by Crippen LogP contribution is 2.29. The topological polar surface area (TPSA) is 55.2 Å². The average Bonchev–Trinajstić information content (AvgIpc) is 2.42. The molecule has 1 unspecified atom stereocenters. The molecule has 0 heterocycles. The highest BCUT2D eigenvalue weighted by Gasteiger charge is 2.12. The minimum Gasteiger partial charge on any atom is -0.377 e. The number of rotatable bonds is 4. The summed E-state index contributed by atoms with van der Waals surface area (Å²) < 4.78 is 0. The molecule has 1 atom stereocenters. The van der Waals surface area contributed by atoms with E-state index in [-0.39, 0.29) is 11.7 Å². The summed E-state index contributed by atoms with van der Waals surface area (Å²) in [5.41, 5.74) is 1.67. The van der Waals surface area contributed by atoms with Crippen molar-refractivity contribution in [2.45, 2.75) is 13.0 Å². The first-order valence-electron chi connectivity index (χ1n) is 5.83. The molecule has 2 aromatic carbocycles. The van der Waals surface area contributed by atoms with Gasteiger partial charge in [0.2, 0.25) is 0 Å². The number of anilines is 1. The van der Waals surface area contributed by atoms with Crippen LogP contribution in [0, 0.1) is 10.1 Å². The van der Waals surface area contributed by atoms with E-state index in [9.17, 15) is 10.1 Å². The molecular formula is C14H13ClN2O2. The molecule has 0 spiro atoms. The van der Waals surface area contributed by atoms with Crippen molar-refractivity contribution in [3.8, 4) is 0 Å². The van der Waals surface area contributed by atoms with Crippen LogP contribution in [0.4, 0.5) is 11.4 Å². The summed E-state index contributed by atoms with van der Waals surface area (Å²) in [5.74, 6) is 0. The number of nitrogens with zero attached hydrogens (tertiary/aromatic N) is 1. The van der Waals surface area contributed by atoms with Crippen LogP contribution >= 0.6 is 11.6 Å². The molecule has 0 aromatic heterocycles. The number of non-ortho nitro benzene ring substituents is 1. The van der Waals surface area contributed by atoms with Gasteiger partial charge in [-0.3, -0.25) is 10.1 Å². The lowest BCUT2D eigenvalue weighted by atomic mass is 10.1. The quantitative estimate of drug-likeness (QED) is 0.664. The van der Waals surface area contributed by atoms with Crippen LogP contribution in [-0.4, -0.2) is 4.92 Å². The van der Waals surface area contributed by atoms with Crippen LogP contribution in [0.15, 0.2) is 48.5 Å². The first-order chi connectivity index (χ1) is 9.08. The molecule has 0 bridgehead atoms. The molecule has 2 rings (SSSR count). The molecule has 0 fully saturated rings. The predicted octanol–water partition coefficient (Wildman–Crippen LogP) is 4.42. The molecule has 0 aliphatic rings. The molecule has 0 aliphatic heterocycles. The van der Waals surface area contributed by atoms with Gasteiger partial charge in [-0.2, -0.15) is 0 Å². The van der Waals surface area contributed by atoms with E-state index in [0.29, 0.717) is 10.7 Å². The molecule has 98 valence electrons. The minimum absolute atomic E-state index is 0.0145. The van der Waals surface area contributed by atoms with E-state index in [1.54, 1.807) is 0 Å². The van der Waals surface area contributed by atoms with Crippen molar-refractivity contribution in [1.82, 2.24) is 0 Å². The number of hydrogen-bond acceptors (Lipinski definition) is 3. The van der Waals surface area contributed by atoms with Gasteiger partial charge >= 0.3 is 0 Å². The summed E-state index contributed by atoms with van der Waals surface area (Å²) in [4.78, 5) is 10.3. The summed E-state index contributed by atoms with van der Waals surface area (Å²) in [7, 11) is 0. The van der Waals surface area contributed by atoms with Crippen molar-refractivity contribution in [3.63, 3.8) is 0 Å². The maximum atomic E-state index is 10.8. The predicted molar refractivity (Wildman–Crippen MR) is 76.6 cm³/mol. The van der Waals surface area contributed by atoms with Crippen LogP contribution in [0.1, 0.15) is 18.5 Å². The van der Waals surface area contributed by atoms with Gasteiger partial charge in [-0.25, -0.2) is 0 Å². The van der Waals surface area contributed by atoms with Gasteiger partial charge in [-0.1, -0.05) is 41.9 Å². The summed E-state index contributed by atoms with van der Waals surface area (Å²) >= 11 is 6.05. The Morgan fingerprint density at radius 1 is 1.21 bits per heavy atom. The van der Waals surface area contributed by atoms with Gasteiger partial charge < -0.3 is 5.32 Å². The Morgan fingerprint density at radius 3 is 2.53 bits per heavy atom. The Balaban J connectivity index is 2.23. The number of hydrogen-bond donors (Lipinski definition) is 1. The van der Waals surface area contributed by atoms with Crippen molar-refractivity contribution in [2.75, 3.05) is 5.32 Å². The fourth-order valence-corrected chi connectivity index (χ4v) is 1.97. The molecule has 2 aromatic rings. The number of nitro groups is 1. The van der Waals surface area contributed by atoms with Gasteiger partial charge in [-0.15, -0.1) is 0 Å². The van der Waals surface area contributed by atoms with Crippen LogP contribution < -0.4 is 5.32 Å². The van der Waals surface area contributed by atoms with E-state index in [4.69, 9.17) is 11.6 Å². The first kappa shape index (κ1) is 13.4. The molecule has 0 saturated heterocycles. The van der Waals surface area contributed by atoms with Crippen molar-refractivity contribution in [2.24, 2.45) is 0 Å². The maximum absolute atomic E-state index is 10.8. The fraction of sp³-hybridized carbons (Fsp3) is 0.143. The lowest BCUT2D eigenvalue weighted by molar-refractivity contribution is -0.384. The largest absolute Gasteiger partial charge is 0.377 e. The number of nitrogens with one attached hydrogen (secondary N) is 1. The van der Waals surface area contributed by atoms with Gasteiger partial charge in [0.15, 0.2) is 0 Å². The van der Waals surface area contributed by atoms with Gasteiger partial charge in [0.25, 0.3) is 5.69 Å². The monoisotopic (exact) mass is 276 g/mol. The maximum Gasteiger partial charge on any atom is 0.271 e. The second kappa shape index (κ2) is 5.71. The van der Waals surface area contributed by atoms with Crippen molar-refractivity contribution in [3.05, 3.63) is 69.2 Å². The Hall–Kier alpha value is -2.07. The second-order valence-corrected chi connectivity index (χ2v) is 4.61. The summed E-state index contributed by atoms with van der Waals surface area (Å²) in [6, 6.07) is 14.2. The standard InChI is InChI=1S/C14H13ClN2O2/c1-10(11-5-3-2-4-6-11)16-14-9-12(17(18)19)7-8-13(14)15/h2-10,16H,1H3. The van der Waals surface area contributed by atoms with Gasteiger partial charge in [-0.05, 0) is 18.6 Å². The third-order valence-electron chi connectivity index (χ3n) is 2.83. The highest BCUT2D eigenvalue weighted by atomic mass is 35.5. The second-order valence-electron chi connectivity index (χ2n) is 4.20. The third kappa shape index (κ3) is 3.23. The average molecular weight is 277 g/mol.